The largest absolute Gasteiger partial charge is 0.490 e. The van der Waals surface area contributed by atoms with Crippen LogP contribution in [0.25, 0.3) is 0 Å². The van der Waals surface area contributed by atoms with Crippen molar-refractivity contribution < 1.29 is 19.2 Å². The zero-order valence-electron chi connectivity index (χ0n) is 13.2. The molecule has 2 N–H and O–H groups in total. The van der Waals surface area contributed by atoms with Crippen molar-refractivity contribution in [3.05, 3.63) is 40.0 Å². The fourth-order valence-corrected chi connectivity index (χ4v) is 2.14. The van der Waals surface area contributed by atoms with Crippen LogP contribution in [0.1, 0.15) is 6.42 Å². The molecular weight excluding hydrogens is 338 g/mol. The topological polar surface area (TPSA) is 103 Å². The number of nitro groups is 1. The van der Waals surface area contributed by atoms with Crippen molar-refractivity contribution in [2.45, 2.75) is 6.42 Å². The fraction of sp³-hybridized carbons (Fsp3) is 0.400. The second-order valence-corrected chi connectivity index (χ2v) is 4.97. The average molecular weight is 358 g/mol. The summed E-state index contributed by atoms with van der Waals surface area (Å²) >= 11 is 0. The number of amides is 1. The molecule has 2 rings (SSSR count). The number of nitrogens with zero attached hydrogens (tertiary/aromatic N) is 1. The Morgan fingerprint density at radius 3 is 2.88 bits per heavy atom. The Hall–Kier alpha value is -2.32. The Bertz CT molecular complexity index is 621. The monoisotopic (exact) mass is 357 g/mol. The number of nitrogens with one attached hydrogen (secondary N) is 2. The van der Waals surface area contributed by atoms with Gasteiger partial charge in [0.15, 0.2) is 6.61 Å². The maximum absolute atomic E-state index is 11.8. The molecule has 1 aliphatic heterocycles. The van der Waals surface area contributed by atoms with Gasteiger partial charge < -0.3 is 20.1 Å². The number of methoxy groups -OCH3 is 1. The highest BCUT2D eigenvalue weighted by Gasteiger charge is 2.15. The first-order chi connectivity index (χ1) is 11.1. The van der Waals surface area contributed by atoms with Gasteiger partial charge in [-0.2, -0.15) is 0 Å². The quantitative estimate of drug-likeness (QED) is 0.435. The highest BCUT2D eigenvalue weighted by Crippen LogP contribution is 2.30. The van der Waals surface area contributed by atoms with Crippen molar-refractivity contribution in [1.82, 2.24) is 10.6 Å². The van der Waals surface area contributed by atoms with E-state index in [-0.39, 0.29) is 36.4 Å². The molecule has 9 heteroatoms. The number of ether oxygens (including phenoxy) is 2. The Kier molecular flexibility index (Phi) is 8.00. The minimum atomic E-state index is -0.540. The van der Waals surface area contributed by atoms with Gasteiger partial charge in [-0.1, -0.05) is 11.6 Å². The molecule has 8 nitrogen and oxygen atoms in total. The number of hydrogen-bond acceptors (Lipinski definition) is 6. The van der Waals surface area contributed by atoms with Crippen LogP contribution in [0.5, 0.6) is 11.5 Å². The number of halogens is 1. The Labute approximate surface area is 145 Å². The van der Waals surface area contributed by atoms with Crippen LogP contribution < -0.4 is 20.1 Å². The standard InChI is InChI=1S/C15H19N3O5.ClH/c1-22-14-8-12(2-3-13(14)18(20)21)23-10-15(19)17-9-11-4-6-16-7-5-11;/h2-4,8,16H,5-7,9-10H2,1H3,(H,17,19);1H. The molecule has 0 saturated carbocycles. The molecule has 0 saturated heterocycles. The van der Waals surface area contributed by atoms with Gasteiger partial charge >= 0.3 is 5.69 Å². The summed E-state index contributed by atoms with van der Waals surface area (Å²) in [5, 5.41) is 16.8. The number of rotatable bonds is 7. The van der Waals surface area contributed by atoms with Crippen molar-refractivity contribution in [2.24, 2.45) is 0 Å². The fourth-order valence-electron chi connectivity index (χ4n) is 2.14. The van der Waals surface area contributed by atoms with Crippen LogP contribution in [0, 0.1) is 10.1 Å². The second-order valence-electron chi connectivity index (χ2n) is 4.97. The summed E-state index contributed by atoms with van der Waals surface area (Å²) in [5.41, 5.74) is 1.04. The molecule has 132 valence electrons. The molecule has 0 aromatic heterocycles. The van der Waals surface area contributed by atoms with E-state index in [1.165, 1.54) is 30.9 Å². The molecule has 1 heterocycles. The molecule has 0 fully saturated rings. The second kappa shape index (κ2) is 9.74. The predicted octanol–water partition coefficient (Wildman–Crippen LogP) is 1.44. The van der Waals surface area contributed by atoms with Crippen LogP contribution in [-0.4, -0.2) is 44.2 Å². The van der Waals surface area contributed by atoms with Gasteiger partial charge in [-0.05, 0) is 19.0 Å². The van der Waals surface area contributed by atoms with Gasteiger partial charge in [0.1, 0.15) is 5.75 Å². The van der Waals surface area contributed by atoms with Gasteiger partial charge in [0.25, 0.3) is 5.91 Å². The Morgan fingerprint density at radius 2 is 2.25 bits per heavy atom. The van der Waals surface area contributed by atoms with E-state index in [1.807, 2.05) is 0 Å². The first-order valence-corrected chi connectivity index (χ1v) is 7.20. The maximum atomic E-state index is 11.8. The molecular formula is C15H20ClN3O5. The van der Waals surface area contributed by atoms with E-state index < -0.39 is 4.92 Å². The number of carbonyl (C=O) groups excluding carboxylic acids is 1. The van der Waals surface area contributed by atoms with Gasteiger partial charge in [-0.15, -0.1) is 12.4 Å². The van der Waals surface area contributed by atoms with Gasteiger partial charge in [0.05, 0.1) is 12.0 Å². The van der Waals surface area contributed by atoms with Crippen LogP contribution in [-0.2, 0) is 4.79 Å². The number of benzene rings is 1. The van der Waals surface area contributed by atoms with Crippen molar-refractivity contribution in [1.29, 1.82) is 0 Å². The Morgan fingerprint density at radius 1 is 1.46 bits per heavy atom. The van der Waals surface area contributed by atoms with Crippen LogP contribution in [0.15, 0.2) is 29.8 Å². The normalized spacial score (nSPS) is 13.3. The van der Waals surface area contributed by atoms with E-state index in [9.17, 15) is 14.9 Å². The number of nitro benzene ring substituents is 1. The van der Waals surface area contributed by atoms with Crippen LogP contribution >= 0.6 is 12.4 Å². The lowest BCUT2D eigenvalue weighted by Gasteiger charge is -2.14. The molecule has 0 atom stereocenters. The molecule has 0 spiro atoms. The minimum absolute atomic E-state index is 0. The first kappa shape index (κ1) is 19.7. The van der Waals surface area contributed by atoms with E-state index in [4.69, 9.17) is 9.47 Å². The third kappa shape index (κ3) is 5.71. The molecule has 0 bridgehead atoms. The van der Waals surface area contributed by atoms with E-state index in [2.05, 4.69) is 16.7 Å². The van der Waals surface area contributed by atoms with Crippen molar-refractivity contribution in [3.8, 4) is 11.5 Å². The molecule has 0 unspecified atom stereocenters. The summed E-state index contributed by atoms with van der Waals surface area (Å²) in [6, 6.07) is 4.11. The van der Waals surface area contributed by atoms with Crippen molar-refractivity contribution in [3.63, 3.8) is 0 Å². The zero-order chi connectivity index (χ0) is 16.7. The molecule has 1 aliphatic rings. The lowest BCUT2D eigenvalue weighted by Crippen LogP contribution is -2.32. The van der Waals surface area contributed by atoms with Crippen LogP contribution in [0.2, 0.25) is 0 Å². The summed E-state index contributed by atoms with van der Waals surface area (Å²) in [6.07, 6.45) is 2.98. The first-order valence-electron chi connectivity index (χ1n) is 7.20. The van der Waals surface area contributed by atoms with Crippen LogP contribution in [0.4, 0.5) is 5.69 Å². The van der Waals surface area contributed by atoms with Gasteiger partial charge in [0.2, 0.25) is 5.75 Å². The zero-order valence-corrected chi connectivity index (χ0v) is 14.1. The number of hydrogen-bond donors (Lipinski definition) is 2. The highest BCUT2D eigenvalue weighted by atomic mass is 35.5. The SMILES string of the molecule is COc1cc(OCC(=O)NCC2=CCNCC2)ccc1[N+](=O)[O-].Cl. The summed E-state index contributed by atoms with van der Waals surface area (Å²) in [7, 11) is 1.34. The van der Waals surface area contributed by atoms with Crippen molar-refractivity contribution in [2.75, 3.05) is 33.4 Å². The third-order valence-electron chi connectivity index (χ3n) is 3.39. The van der Waals surface area contributed by atoms with E-state index >= 15 is 0 Å². The molecule has 1 aromatic rings. The molecule has 1 amide bonds. The maximum Gasteiger partial charge on any atom is 0.311 e. The van der Waals surface area contributed by atoms with E-state index in [0.29, 0.717) is 12.3 Å². The smallest absolute Gasteiger partial charge is 0.311 e. The third-order valence-corrected chi connectivity index (χ3v) is 3.39. The molecule has 1 aromatic carbocycles. The molecule has 0 aliphatic carbocycles. The van der Waals surface area contributed by atoms with Crippen LogP contribution in [0.3, 0.4) is 0 Å². The minimum Gasteiger partial charge on any atom is -0.490 e. The average Bonchev–Trinajstić information content (AvgIpc) is 2.58. The predicted molar refractivity (Wildman–Crippen MR) is 91.0 cm³/mol. The van der Waals surface area contributed by atoms with E-state index in [0.717, 1.165) is 19.5 Å². The lowest BCUT2D eigenvalue weighted by atomic mass is 10.1. The van der Waals surface area contributed by atoms with E-state index in [1.54, 1.807) is 0 Å². The summed E-state index contributed by atoms with van der Waals surface area (Å²) in [6.45, 7) is 2.09. The highest BCUT2D eigenvalue weighted by molar-refractivity contribution is 5.85. The van der Waals surface area contributed by atoms with Gasteiger partial charge in [-0.3, -0.25) is 14.9 Å². The molecule has 0 radical (unpaired) electrons. The summed E-state index contributed by atoms with van der Waals surface area (Å²) in [5.74, 6) is 0.179. The van der Waals surface area contributed by atoms with Gasteiger partial charge in [-0.25, -0.2) is 0 Å². The molecule has 24 heavy (non-hydrogen) atoms. The number of carbonyl (C=O) groups is 1. The van der Waals surface area contributed by atoms with Crippen molar-refractivity contribution >= 4 is 24.0 Å². The Balaban J connectivity index is 0.00000288. The summed E-state index contributed by atoms with van der Waals surface area (Å²) < 4.78 is 10.3. The van der Waals surface area contributed by atoms with Gasteiger partial charge in [0, 0.05) is 25.2 Å². The summed E-state index contributed by atoms with van der Waals surface area (Å²) in [4.78, 5) is 22.0. The lowest BCUT2D eigenvalue weighted by molar-refractivity contribution is -0.385.